The van der Waals surface area contributed by atoms with Crippen LogP contribution in [0.15, 0.2) is 0 Å². The Hall–Kier alpha value is -0.665. The van der Waals surface area contributed by atoms with Crippen LogP contribution >= 0.6 is 0 Å². The van der Waals surface area contributed by atoms with Crippen molar-refractivity contribution in [2.75, 3.05) is 0 Å². The molecule has 0 aromatic carbocycles. The van der Waals surface area contributed by atoms with Crippen LogP contribution < -0.4 is 5.32 Å². The third-order valence-electron chi connectivity index (χ3n) is 2.54. The molecule has 0 aromatic rings. The lowest BCUT2D eigenvalue weighted by molar-refractivity contribution is 0.0474. The summed E-state index contributed by atoms with van der Waals surface area (Å²) in [4.78, 5) is 11.5. The van der Waals surface area contributed by atoms with E-state index in [1.54, 1.807) is 0 Å². The molecule has 0 saturated carbocycles. The zero-order valence-electron chi connectivity index (χ0n) is 10.2. The molecule has 0 saturated heterocycles. The predicted molar refractivity (Wildman–Crippen MR) is 61.4 cm³/mol. The largest absolute Gasteiger partial charge is 0.444 e. The third kappa shape index (κ3) is 5.15. The maximum atomic E-state index is 11.5. The molecule has 0 heterocycles. The van der Waals surface area contributed by atoms with Crippen LogP contribution in [0.4, 0.5) is 4.79 Å². The van der Waals surface area contributed by atoms with Gasteiger partial charge >= 0.3 is 6.09 Å². The number of rotatable bonds is 4. The highest BCUT2D eigenvalue weighted by Crippen LogP contribution is 2.14. The van der Waals surface area contributed by atoms with Crippen molar-refractivity contribution in [1.82, 2.24) is 5.32 Å². The second-order valence-electron chi connectivity index (χ2n) is 4.87. The zero-order chi connectivity index (χ0) is 11.4. The molecule has 1 N–H and O–H groups in total. The Morgan fingerprint density at radius 1 is 1.36 bits per heavy atom. The van der Waals surface area contributed by atoms with Gasteiger partial charge in [-0.25, -0.2) is 4.79 Å². The summed E-state index contributed by atoms with van der Waals surface area (Å²) in [6.45, 7) is 9.81. The Bertz CT molecular complexity index is 182. The number of alkyl carbamates (subject to hydrolysis) is 1. The van der Waals surface area contributed by atoms with Crippen molar-refractivity contribution in [2.24, 2.45) is 0 Å². The number of carbonyl (C=O) groups is 1. The van der Waals surface area contributed by atoms with E-state index in [-0.39, 0.29) is 17.2 Å². The number of hydrogen-bond donors (Lipinski definition) is 1. The van der Waals surface area contributed by atoms with Crippen LogP contribution in [-0.4, -0.2) is 25.1 Å². The van der Waals surface area contributed by atoms with Crippen molar-refractivity contribution in [3.8, 4) is 0 Å². The minimum Gasteiger partial charge on any atom is -0.444 e. The summed E-state index contributed by atoms with van der Waals surface area (Å²) in [6, 6.07) is 0. The fourth-order valence-electron chi connectivity index (χ4n) is 0.713. The van der Waals surface area contributed by atoms with Crippen LogP contribution in [0, 0.1) is 0 Å². The number of ether oxygens (including phenoxy) is 1. The van der Waals surface area contributed by atoms with Gasteiger partial charge in [0, 0.05) is 5.54 Å². The average Bonchev–Trinajstić information content (AvgIpc) is 2.02. The van der Waals surface area contributed by atoms with Gasteiger partial charge in [0.05, 0.1) is 0 Å². The van der Waals surface area contributed by atoms with E-state index < -0.39 is 0 Å². The summed E-state index contributed by atoms with van der Waals surface area (Å²) in [5.74, 6) is 0. The fraction of sp³-hybridized carbons (Fsp3) is 0.900. The number of nitrogens with one attached hydrogen (secondary N) is 1. The lowest BCUT2D eigenvalue weighted by Gasteiger charge is -2.29. The van der Waals surface area contributed by atoms with Gasteiger partial charge in [-0.2, -0.15) is 0 Å². The Labute approximate surface area is 88.0 Å². The summed E-state index contributed by atoms with van der Waals surface area (Å²) in [6.07, 6.45) is 1.37. The van der Waals surface area contributed by atoms with E-state index in [4.69, 9.17) is 4.74 Å². The van der Waals surface area contributed by atoms with E-state index in [0.29, 0.717) is 0 Å². The monoisotopic (exact) mass is 199 g/mol. The summed E-state index contributed by atoms with van der Waals surface area (Å²) in [5.41, 5.74) is -0.575. The Morgan fingerprint density at radius 2 is 1.86 bits per heavy atom. The maximum Gasteiger partial charge on any atom is 0.408 e. The van der Waals surface area contributed by atoms with Gasteiger partial charge in [-0.1, -0.05) is 6.92 Å². The highest BCUT2D eigenvalue weighted by Gasteiger charge is 2.24. The van der Waals surface area contributed by atoms with Crippen LogP contribution in [0.2, 0.25) is 6.32 Å². The molecule has 82 valence electrons. The first-order valence-electron chi connectivity index (χ1n) is 5.23. The van der Waals surface area contributed by atoms with Crippen molar-refractivity contribution < 1.29 is 9.53 Å². The molecule has 0 fully saturated rings. The van der Waals surface area contributed by atoms with Crippen LogP contribution in [0.5, 0.6) is 0 Å². The highest BCUT2D eigenvalue weighted by molar-refractivity contribution is 6.09. The lowest BCUT2D eigenvalue weighted by atomic mass is 9.90. The molecular weight excluding hydrogens is 177 g/mol. The molecule has 0 unspecified atom stereocenters. The Morgan fingerprint density at radius 3 is 2.21 bits per heavy atom. The average molecular weight is 199 g/mol. The second-order valence-corrected chi connectivity index (χ2v) is 4.87. The number of amides is 1. The molecule has 3 nitrogen and oxygen atoms in total. The van der Waals surface area contributed by atoms with Crippen molar-refractivity contribution in [3.63, 3.8) is 0 Å². The molecule has 0 aliphatic rings. The number of carbonyl (C=O) groups excluding carboxylic acids is 1. The summed E-state index contributed by atoms with van der Waals surface area (Å²) >= 11 is 0. The van der Waals surface area contributed by atoms with E-state index >= 15 is 0 Å². The van der Waals surface area contributed by atoms with E-state index in [1.165, 1.54) is 0 Å². The summed E-state index contributed by atoms with van der Waals surface area (Å²) < 4.78 is 5.27. The Kier molecular flexibility index (Phi) is 4.49. The quantitative estimate of drug-likeness (QED) is 0.700. The summed E-state index contributed by atoms with van der Waals surface area (Å²) in [7, 11) is 2.00. The van der Waals surface area contributed by atoms with Crippen molar-refractivity contribution in [2.45, 2.75) is 58.5 Å². The van der Waals surface area contributed by atoms with Crippen molar-refractivity contribution >= 4 is 13.9 Å². The van der Waals surface area contributed by atoms with Gasteiger partial charge in [0.2, 0.25) is 0 Å². The lowest BCUT2D eigenvalue weighted by Crippen LogP contribution is -2.45. The molecule has 0 aliphatic carbocycles. The zero-order valence-corrected chi connectivity index (χ0v) is 10.2. The smallest absolute Gasteiger partial charge is 0.408 e. The topological polar surface area (TPSA) is 38.3 Å². The van der Waals surface area contributed by atoms with Gasteiger partial charge in [-0.3, -0.25) is 0 Å². The molecule has 0 spiro atoms. The normalized spacial score (nSPS) is 12.4. The maximum absolute atomic E-state index is 11.5. The minimum atomic E-state index is -0.381. The highest BCUT2D eigenvalue weighted by atomic mass is 16.6. The summed E-state index contributed by atoms with van der Waals surface area (Å²) in [5, 5.41) is 2.84. The van der Waals surface area contributed by atoms with Gasteiger partial charge in [0.1, 0.15) is 13.4 Å². The van der Waals surface area contributed by atoms with Crippen molar-refractivity contribution in [3.05, 3.63) is 0 Å². The van der Waals surface area contributed by atoms with Gasteiger partial charge in [0.25, 0.3) is 0 Å². The van der Waals surface area contributed by atoms with Gasteiger partial charge in [-0.15, -0.1) is 0 Å². The van der Waals surface area contributed by atoms with E-state index in [2.05, 4.69) is 5.32 Å². The van der Waals surface area contributed by atoms with Gasteiger partial charge < -0.3 is 10.1 Å². The molecule has 0 atom stereocenters. The third-order valence-corrected chi connectivity index (χ3v) is 2.54. The molecule has 14 heavy (non-hydrogen) atoms. The molecular formula is C10H22BNO2. The first-order chi connectivity index (χ1) is 6.22. The molecule has 0 radical (unpaired) electrons. The fourth-order valence-corrected chi connectivity index (χ4v) is 0.713. The standard InChI is InChI=1S/C10H22BNO2/c1-6-9(2,3)12-8(13)14-10(4,5)7-11/h6-7,11H2,1-5H3,(H,12,13). The van der Waals surface area contributed by atoms with E-state index in [9.17, 15) is 4.79 Å². The van der Waals surface area contributed by atoms with Crippen molar-refractivity contribution in [1.29, 1.82) is 0 Å². The predicted octanol–water partition coefficient (Wildman–Crippen LogP) is 1.73. The molecule has 0 aliphatic heterocycles. The van der Waals surface area contributed by atoms with Gasteiger partial charge in [0.15, 0.2) is 0 Å². The van der Waals surface area contributed by atoms with Crippen LogP contribution in [0.3, 0.4) is 0 Å². The molecule has 0 aromatic heterocycles. The first kappa shape index (κ1) is 13.3. The number of hydrogen-bond acceptors (Lipinski definition) is 2. The van der Waals surface area contributed by atoms with Crippen LogP contribution in [0.1, 0.15) is 41.0 Å². The van der Waals surface area contributed by atoms with Crippen LogP contribution in [0.25, 0.3) is 0 Å². The SMILES string of the molecule is BCC(C)(C)OC(=O)NC(C)(C)CC. The molecule has 0 bridgehead atoms. The van der Waals surface area contributed by atoms with Gasteiger partial charge in [-0.05, 0) is 40.4 Å². The Balaban J connectivity index is 4.12. The van der Waals surface area contributed by atoms with E-state index in [0.717, 1.165) is 12.7 Å². The second kappa shape index (κ2) is 4.71. The molecule has 0 rings (SSSR count). The first-order valence-corrected chi connectivity index (χ1v) is 5.23. The van der Waals surface area contributed by atoms with E-state index in [1.807, 2.05) is 42.5 Å². The molecule has 1 amide bonds. The minimum absolute atomic E-state index is 0.194. The van der Waals surface area contributed by atoms with Crippen LogP contribution in [-0.2, 0) is 4.74 Å². The molecule has 4 heteroatoms.